The Hall–Kier alpha value is -1.62. The minimum absolute atomic E-state index is 0.0908. The summed E-state index contributed by atoms with van der Waals surface area (Å²) in [6.07, 6.45) is 2.49. The monoisotopic (exact) mass is 306 g/mol. The van der Waals surface area contributed by atoms with E-state index in [0.717, 1.165) is 56.6 Å². The van der Waals surface area contributed by atoms with Crippen LogP contribution in [0.4, 0.5) is 9.18 Å². The predicted octanol–water partition coefficient (Wildman–Crippen LogP) is 2.80. The second kappa shape index (κ2) is 6.65. The number of carbonyl (C=O) groups is 1. The van der Waals surface area contributed by atoms with Crippen LogP contribution in [0.5, 0.6) is 0 Å². The first-order valence-electron chi connectivity index (χ1n) is 8.11. The van der Waals surface area contributed by atoms with Gasteiger partial charge in [-0.1, -0.05) is 25.5 Å². The number of unbranched alkanes of at least 4 members (excludes halogenated alkanes) is 1. The minimum Gasteiger partial charge on any atom is -0.449 e. The van der Waals surface area contributed by atoms with Gasteiger partial charge < -0.3 is 9.64 Å². The number of amides is 1. The van der Waals surface area contributed by atoms with Crippen molar-refractivity contribution in [3.8, 4) is 0 Å². The van der Waals surface area contributed by atoms with E-state index in [4.69, 9.17) is 4.74 Å². The van der Waals surface area contributed by atoms with E-state index < -0.39 is 0 Å². The van der Waals surface area contributed by atoms with Gasteiger partial charge in [0, 0.05) is 32.2 Å². The van der Waals surface area contributed by atoms with Gasteiger partial charge >= 0.3 is 6.09 Å². The highest BCUT2D eigenvalue weighted by Gasteiger charge is 2.37. The average molecular weight is 306 g/mol. The molecule has 2 heterocycles. The molecule has 0 saturated carbocycles. The number of ether oxygens (including phenoxy) is 1. The highest BCUT2D eigenvalue weighted by Crippen LogP contribution is 2.26. The van der Waals surface area contributed by atoms with Gasteiger partial charge in [0.25, 0.3) is 0 Å². The summed E-state index contributed by atoms with van der Waals surface area (Å²) < 4.78 is 18.9. The first-order chi connectivity index (χ1) is 10.7. The Kier molecular flexibility index (Phi) is 4.62. The molecule has 0 atom stereocenters. The van der Waals surface area contributed by atoms with Crippen LogP contribution in [0.1, 0.15) is 30.9 Å². The van der Waals surface area contributed by atoms with E-state index in [1.807, 2.05) is 6.07 Å². The van der Waals surface area contributed by atoms with Gasteiger partial charge in [-0.3, -0.25) is 4.90 Å². The summed E-state index contributed by atoms with van der Waals surface area (Å²) in [6.45, 7) is 5.65. The lowest BCUT2D eigenvalue weighted by Crippen LogP contribution is -2.61. The van der Waals surface area contributed by atoms with Crippen LogP contribution in [0.3, 0.4) is 0 Å². The van der Waals surface area contributed by atoms with Gasteiger partial charge in [-0.05, 0) is 30.0 Å². The summed E-state index contributed by atoms with van der Waals surface area (Å²) in [5, 5.41) is 0. The zero-order valence-electron chi connectivity index (χ0n) is 13.1. The molecule has 0 bridgehead atoms. The van der Waals surface area contributed by atoms with Crippen LogP contribution in [-0.2, 0) is 17.7 Å². The second-order valence-electron chi connectivity index (χ2n) is 6.12. The smallest absolute Gasteiger partial charge is 0.409 e. The van der Waals surface area contributed by atoms with E-state index in [2.05, 4.69) is 11.8 Å². The lowest BCUT2D eigenvalue weighted by molar-refractivity contribution is 0.0157. The largest absolute Gasteiger partial charge is 0.449 e. The summed E-state index contributed by atoms with van der Waals surface area (Å²) in [7, 11) is 0. The number of benzene rings is 1. The molecule has 5 heteroatoms. The number of hydrogen-bond acceptors (Lipinski definition) is 3. The van der Waals surface area contributed by atoms with Gasteiger partial charge in [0.15, 0.2) is 0 Å². The molecule has 0 N–H and O–H groups in total. The summed E-state index contributed by atoms with van der Waals surface area (Å²) in [5.41, 5.74) is 1.93. The molecule has 0 unspecified atom stereocenters. The van der Waals surface area contributed by atoms with Crippen LogP contribution < -0.4 is 0 Å². The molecule has 0 radical (unpaired) electrons. The number of likely N-dealkylation sites (tertiary alicyclic amines) is 1. The zero-order valence-corrected chi connectivity index (χ0v) is 13.1. The molecular formula is C17H23FN2O2. The molecule has 3 rings (SSSR count). The van der Waals surface area contributed by atoms with Gasteiger partial charge in [-0.2, -0.15) is 0 Å². The fraction of sp³-hybridized carbons (Fsp3) is 0.588. The molecule has 120 valence electrons. The number of rotatable bonds is 4. The molecule has 0 aliphatic carbocycles. The number of fused-ring (bicyclic) bond motifs is 1. The third-order valence-electron chi connectivity index (χ3n) is 4.60. The van der Waals surface area contributed by atoms with Crippen LogP contribution in [-0.4, -0.2) is 48.2 Å². The Morgan fingerprint density at radius 1 is 1.41 bits per heavy atom. The fourth-order valence-corrected chi connectivity index (χ4v) is 3.13. The molecule has 1 saturated heterocycles. The zero-order chi connectivity index (χ0) is 15.5. The third kappa shape index (κ3) is 3.09. The Labute approximate surface area is 130 Å². The first kappa shape index (κ1) is 15.3. The van der Waals surface area contributed by atoms with Crippen molar-refractivity contribution in [3.63, 3.8) is 0 Å². The van der Waals surface area contributed by atoms with Crippen molar-refractivity contribution in [1.29, 1.82) is 0 Å². The molecule has 0 aromatic heterocycles. The van der Waals surface area contributed by atoms with Crippen molar-refractivity contribution in [2.24, 2.45) is 0 Å². The standard InChI is InChI=1S/C17H23FN2O2/c1-2-3-9-22-17(21)20-11-14(12-20)19-8-7-15-13(10-19)5-4-6-16(15)18/h4-6,14H,2-3,7-12H2,1H3. The maximum absolute atomic E-state index is 13.7. The fourth-order valence-electron chi connectivity index (χ4n) is 3.13. The van der Waals surface area contributed by atoms with E-state index in [1.54, 1.807) is 11.0 Å². The lowest BCUT2D eigenvalue weighted by Gasteiger charge is -2.46. The highest BCUT2D eigenvalue weighted by atomic mass is 19.1. The molecule has 1 aromatic rings. The molecule has 22 heavy (non-hydrogen) atoms. The molecule has 1 fully saturated rings. The SMILES string of the molecule is CCCCOC(=O)N1CC(N2CCc3c(F)cccc3C2)C1. The molecular weight excluding hydrogens is 283 g/mol. The number of hydrogen-bond donors (Lipinski definition) is 0. The Bertz CT molecular complexity index is 543. The van der Waals surface area contributed by atoms with Crippen molar-refractivity contribution in [1.82, 2.24) is 9.80 Å². The van der Waals surface area contributed by atoms with Gasteiger partial charge in [0.2, 0.25) is 0 Å². The number of halogens is 1. The van der Waals surface area contributed by atoms with E-state index >= 15 is 0 Å². The van der Waals surface area contributed by atoms with Crippen LogP contribution >= 0.6 is 0 Å². The molecule has 4 nitrogen and oxygen atoms in total. The van der Waals surface area contributed by atoms with Crippen LogP contribution in [0.25, 0.3) is 0 Å². The Morgan fingerprint density at radius 3 is 3.00 bits per heavy atom. The van der Waals surface area contributed by atoms with E-state index in [0.29, 0.717) is 12.6 Å². The van der Waals surface area contributed by atoms with Crippen molar-refractivity contribution < 1.29 is 13.9 Å². The third-order valence-corrected chi connectivity index (χ3v) is 4.60. The maximum atomic E-state index is 13.7. The van der Waals surface area contributed by atoms with Gasteiger partial charge in [-0.15, -0.1) is 0 Å². The summed E-state index contributed by atoms with van der Waals surface area (Å²) >= 11 is 0. The number of nitrogens with zero attached hydrogens (tertiary/aromatic N) is 2. The number of carbonyl (C=O) groups excluding carboxylic acids is 1. The van der Waals surface area contributed by atoms with Crippen LogP contribution in [0.2, 0.25) is 0 Å². The van der Waals surface area contributed by atoms with Crippen LogP contribution in [0, 0.1) is 5.82 Å². The van der Waals surface area contributed by atoms with Gasteiger partial charge in [0.1, 0.15) is 5.82 Å². The molecule has 1 amide bonds. The maximum Gasteiger partial charge on any atom is 0.409 e. The van der Waals surface area contributed by atoms with Crippen molar-refractivity contribution in [2.45, 2.75) is 38.8 Å². The average Bonchev–Trinajstić information content (AvgIpc) is 2.46. The van der Waals surface area contributed by atoms with Crippen LogP contribution in [0.15, 0.2) is 18.2 Å². The minimum atomic E-state index is -0.201. The normalized spacial score (nSPS) is 18.7. The van der Waals surface area contributed by atoms with Gasteiger partial charge in [0.05, 0.1) is 6.61 Å². The van der Waals surface area contributed by atoms with Crippen molar-refractivity contribution in [2.75, 3.05) is 26.2 Å². The summed E-state index contributed by atoms with van der Waals surface area (Å²) in [6, 6.07) is 5.68. The van der Waals surface area contributed by atoms with Crippen molar-refractivity contribution in [3.05, 3.63) is 35.1 Å². The summed E-state index contributed by atoms with van der Waals surface area (Å²) in [4.78, 5) is 15.9. The highest BCUT2D eigenvalue weighted by molar-refractivity contribution is 5.68. The topological polar surface area (TPSA) is 32.8 Å². The van der Waals surface area contributed by atoms with Gasteiger partial charge in [-0.25, -0.2) is 9.18 Å². The molecule has 0 spiro atoms. The first-order valence-corrected chi connectivity index (χ1v) is 8.11. The van der Waals surface area contributed by atoms with E-state index in [1.165, 1.54) is 6.07 Å². The molecule has 2 aliphatic heterocycles. The lowest BCUT2D eigenvalue weighted by atomic mass is 9.96. The Morgan fingerprint density at radius 2 is 2.23 bits per heavy atom. The second-order valence-corrected chi connectivity index (χ2v) is 6.12. The van der Waals surface area contributed by atoms with E-state index in [-0.39, 0.29) is 11.9 Å². The summed E-state index contributed by atoms with van der Waals surface area (Å²) in [5.74, 6) is -0.0908. The Balaban J connectivity index is 1.49. The molecule has 2 aliphatic rings. The van der Waals surface area contributed by atoms with E-state index in [9.17, 15) is 9.18 Å². The van der Waals surface area contributed by atoms with Crippen molar-refractivity contribution >= 4 is 6.09 Å². The molecule has 1 aromatic carbocycles. The predicted molar refractivity (Wildman–Crippen MR) is 82.1 cm³/mol. The quantitative estimate of drug-likeness (QED) is 0.802.